The first kappa shape index (κ1) is 30.1. The molecular weight excluding hydrogens is 566 g/mol. The van der Waals surface area contributed by atoms with E-state index in [4.69, 9.17) is 16.3 Å². The van der Waals surface area contributed by atoms with E-state index < -0.39 is 5.60 Å². The second kappa shape index (κ2) is 12.5. The number of carbonyl (C=O) groups excluding carboxylic acids is 3. The molecule has 0 aromatic heterocycles. The van der Waals surface area contributed by atoms with Crippen molar-refractivity contribution in [2.24, 2.45) is 0 Å². The fourth-order valence-corrected chi connectivity index (χ4v) is 5.22. The third kappa shape index (κ3) is 7.18. The third-order valence-corrected chi connectivity index (χ3v) is 7.55. The zero-order chi connectivity index (χ0) is 30.7. The lowest BCUT2D eigenvalue weighted by Gasteiger charge is -2.35. The molecular formula is C33H36ClN5O4. The van der Waals surface area contributed by atoms with Crippen molar-refractivity contribution < 1.29 is 19.1 Å². The van der Waals surface area contributed by atoms with Crippen molar-refractivity contribution in [3.63, 3.8) is 0 Å². The number of rotatable bonds is 6. The summed E-state index contributed by atoms with van der Waals surface area (Å²) < 4.78 is 5.46. The quantitative estimate of drug-likeness (QED) is 0.348. The summed E-state index contributed by atoms with van der Waals surface area (Å²) in [5.41, 5.74) is 4.48. The van der Waals surface area contributed by atoms with Gasteiger partial charge in [-0.05, 0) is 62.7 Å². The molecule has 0 aliphatic carbocycles. The molecule has 0 saturated carbocycles. The molecule has 0 radical (unpaired) electrons. The van der Waals surface area contributed by atoms with Crippen LogP contribution in [0.3, 0.4) is 0 Å². The van der Waals surface area contributed by atoms with Gasteiger partial charge in [-0.25, -0.2) is 4.79 Å². The minimum atomic E-state index is -0.538. The summed E-state index contributed by atoms with van der Waals surface area (Å²) in [7, 11) is 1.75. The number of halogens is 1. The highest BCUT2D eigenvalue weighted by atomic mass is 35.5. The number of piperazine rings is 1. The van der Waals surface area contributed by atoms with Crippen LogP contribution < -0.4 is 15.5 Å². The number of hydrogen-bond acceptors (Lipinski definition) is 6. The summed E-state index contributed by atoms with van der Waals surface area (Å²) in [6, 6.07) is 22.5. The van der Waals surface area contributed by atoms with Crippen LogP contribution in [-0.4, -0.2) is 73.1 Å². The van der Waals surface area contributed by atoms with Crippen molar-refractivity contribution in [1.29, 1.82) is 0 Å². The standard InChI is InChI=1S/C33H36ClN5O4/c1-33(2,3)43-32(42)39-18-16-38(17-19-39)21-28(40)37(4)25-13-11-24(12-14-25)35-30(22-8-6-5-7-9-22)29-26-15-10-23(34)20-27(26)36-31(29)41/h5-15,20,35H,16-19,21H2,1-4H3,(H,36,41)/b30-29-. The van der Waals surface area contributed by atoms with Crippen LogP contribution in [0.5, 0.6) is 0 Å². The van der Waals surface area contributed by atoms with E-state index in [-0.39, 0.29) is 24.5 Å². The fourth-order valence-electron chi connectivity index (χ4n) is 5.05. The molecule has 2 N–H and O–H groups in total. The molecule has 10 heteroatoms. The molecule has 1 fully saturated rings. The molecule has 224 valence electrons. The molecule has 0 unspecified atom stereocenters. The largest absolute Gasteiger partial charge is 0.444 e. The Balaban J connectivity index is 1.26. The number of likely N-dealkylation sites (N-methyl/N-ethyl adjacent to an activating group) is 1. The monoisotopic (exact) mass is 601 g/mol. The average molecular weight is 602 g/mol. The number of nitrogens with one attached hydrogen (secondary N) is 2. The van der Waals surface area contributed by atoms with E-state index in [1.165, 1.54) is 0 Å². The SMILES string of the molecule is CN(C(=O)CN1CCN(C(=O)OC(C)(C)C)CC1)c1ccc(N/C(=C2\C(=O)Nc3cc(Cl)ccc32)c2ccccc2)cc1. The van der Waals surface area contributed by atoms with Gasteiger partial charge in [0.15, 0.2) is 0 Å². The number of hydrogen-bond donors (Lipinski definition) is 2. The van der Waals surface area contributed by atoms with E-state index in [1.54, 1.807) is 29.0 Å². The molecule has 0 spiro atoms. The first-order chi connectivity index (χ1) is 20.5. The zero-order valence-electron chi connectivity index (χ0n) is 24.8. The number of carbonyl (C=O) groups is 3. The summed E-state index contributed by atoms with van der Waals surface area (Å²) in [6.45, 7) is 8.02. The maximum atomic E-state index is 13.1. The minimum Gasteiger partial charge on any atom is -0.444 e. The summed E-state index contributed by atoms with van der Waals surface area (Å²) in [6.07, 6.45) is -0.322. The van der Waals surface area contributed by atoms with Crippen LogP contribution in [-0.2, 0) is 14.3 Å². The Kier molecular flexibility index (Phi) is 8.75. The van der Waals surface area contributed by atoms with Gasteiger partial charge in [-0.3, -0.25) is 14.5 Å². The Labute approximate surface area is 257 Å². The van der Waals surface area contributed by atoms with Gasteiger partial charge >= 0.3 is 6.09 Å². The number of ether oxygens (including phenoxy) is 1. The first-order valence-corrected chi connectivity index (χ1v) is 14.6. The Bertz CT molecular complexity index is 1540. The second-order valence-electron chi connectivity index (χ2n) is 11.6. The van der Waals surface area contributed by atoms with E-state index in [0.29, 0.717) is 48.2 Å². The van der Waals surface area contributed by atoms with Gasteiger partial charge in [-0.15, -0.1) is 0 Å². The lowest BCUT2D eigenvalue weighted by atomic mass is 10.00. The minimum absolute atomic E-state index is 0.0450. The fraction of sp³-hybridized carbons (Fsp3) is 0.303. The van der Waals surface area contributed by atoms with Crippen molar-refractivity contribution >= 4 is 57.8 Å². The Morgan fingerprint density at radius 3 is 2.30 bits per heavy atom. The van der Waals surface area contributed by atoms with Gasteiger partial charge in [-0.2, -0.15) is 0 Å². The molecule has 9 nitrogen and oxygen atoms in total. The highest BCUT2D eigenvalue weighted by Gasteiger charge is 2.29. The topological polar surface area (TPSA) is 94.2 Å². The molecule has 1 saturated heterocycles. The molecule has 0 atom stereocenters. The lowest BCUT2D eigenvalue weighted by Crippen LogP contribution is -2.52. The molecule has 0 bridgehead atoms. The van der Waals surface area contributed by atoms with E-state index in [1.807, 2.05) is 86.3 Å². The van der Waals surface area contributed by atoms with E-state index in [2.05, 4.69) is 10.6 Å². The molecule has 3 aromatic carbocycles. The summed E-state index contributed by atoms with van der Waals surface area (Å²) in [5.74, 6) is -0.256. The predicted molar refractivity (Wildman–Crippen MR) is 171 cm³/mol. The molecule has 2 heterocycles. The Hall–Kier alpha value is -4.34. The second-order valence-corrected chi connectivity index (χ2v) is 12.1. The van der Waals surface area contributed by atoms with Crippen LogP contribution in [0.15, 0.2) is 72.8 Å². The number of fused-ring (bicyclic) bond motifs is 1. The van der Waals surface area contributed by atoms with Crippen molar-refractivity contribution in [2.75, 3.05) is 55.3 Å². The maximum Gasteiger partial charge on any atom is 0.410 e. The number of anilines is 3. The Morgan fingerprint density at radius 2 is 1.65 bits per heavy atom. The van der Waals surface area contributed by atoms with E-state index in [0.717, 1.165) is 22.5 Å². The molecule has 5 rings (SSSR count). The number of benzene rings is 3. The predicted octanol–water partition coefficient (Wildman–Crippen LogP) is 5.79. The highest BCUT2D eigenvalue weighted by molar-refractivity contribution is 6.38. The lowest BCUT2D eigenvalue weighted by molar-refractivity contribution is -0.119. The highest BCUT2D eigenvalue weighted by Crippen LogP contribution is 2.38. The van der Waals surface area contributed by atoms with Gasteiger partial charge in [0.1, 0.15) is 5.60 Å². The normalized spacial score (nSPS) is 16.3. The molecule has 3 aromatic rings. The van der Waals surface area contributed by atoms with Crippen LogP contribution in [0.1, 0.15) is 31.9 Å². The molecule has 2 aliphatic heterocycles. The van der Waals surface area contributed by atoms with E-state index >= 15 is 0 Å². The van der Waals surface area contributed by atoms with Gasteiger partial charge in [0.2, 0.25) is 5.91 Å². The van der Waals surface area contributed by atoms with Crippen LogP contribution in [0.2, 0.25) is 5.02 Å². The summed E-state index contributed by atoms with van der Waals surface area (Å²) in [5, 5.41) is 6.91. The van der Waals surface area contributed by atoms with Gasteiger partial charge < -0.3 is 25.2 Å². The maximum absolute atomic E-state index is 13.1. The molecule has 2 aliphatic rings. The van der Waals surface area contributed by atoms with Crippen molar-refractivity contribution in [3.05, 3.63) is 88.9 Å². The summed E-state index contributed by atoms with van der Waals surface area (Å²) >= 11 is 6.17. The zero-order valence-corrected chi connectivity index (χ0v) is 25.6. The van der Waals surface area contributed by atoms with Crippen LogP contribution in [0, 0.1) is 0 Å². The number of nitrogens with zero attached hydrogens (tertiary/aromatic N) is 3. The van der Waals surface area contributed by atoms with Crippen LogP contribution >= 0.6 is 11.6 Å². The smallest absolute Gasteiger partial charge is 0.410 e. The van der Waals surface area contributed by atoms with Crippen molar-refractivity contribution in [1.82, 2.24) is 9.80 Å². The third-order valence-electron chi connectivity index (χ3n) is 7.32. The van der Waals surface area contributed by atoms with Gasteiger partial charge in [0.25, 0.3) is 5.91 Å². The Morgan fingerprint density at radius 1 is 0.977 bits per heavy atom. The molecule has 43 heavy (non-hydrogen) atoms. The number of amides is 3. The average Bonchev–Trinajstić information content (AvgIpc) is 3.30. The van der Waals surface area contributed by atoms with Gasteiger partial charge in [0.05, 0.1) is 23.5 Å². The van der Waals surface area contributed by atoms with Crippen LogP contribution in [0.25, 0.3) is 11.3 Å². The van der Waals surface area contributed by atoms with Gasteiger partial charge in [0, 0.05) is 55.2 Å². The van der Waals surface area contributed by atoms with Crippen molar-refractivity contribution in [3.8, 4) is 0 Å². The van der Waals surface area contributed by atoms with E-state index in [9.17, 15) is 14.4 Å². The van der Waals surface area contributed by atoms with Gasteiger partial charge in [-0.1, -0.05) is 48.0 Å². The summed E-state index contributed by atoms with van der Waals surface area (Å²) in [4.78, 5) is 43.9. The van der Waals surface area contributed by atoms with Crippen LogP contribution in [0.4, 0.5) is 21.9 Å². The first-order valence-electron chi connectivity index (χ1n) is 14.2. The molecule has 3 amide bonds. The van der Waals surface area contributed by atoms with Crippen molar-refractivity contribution in [2.45, 2.75) is 26.4 Å².